The fourth-order valence-electron chi connectivity index (χ4n) is 1.53. The van der Waals surface area contributed by atoms with Crippen LogP contribution in [-0.2, 0) is 0 Å². The Morgan fingerprint density at radius 3 is 2.72 bits per heavy atom. The van der Waals surface area contributed by atoms with Gasteiger partial charge in [0, 0.05) is 17.5 Å². The highest BCUT2D eigenvalue weighted by Crippen LogP contribution is 2.15. The van der Waals surface area contributed by atoms with Crippen LogP contribution in [0.15, 0.2) is 24.3 Å². The Labute approximate surface area is 113 Å². The Morgan fingerprint density at radius 1 is 1.39 bits per heavy atom. The lowest BCUT2D eigenvalue weighted by Crippen LogP contribution is -2.32. The van der Waals surface area contributed by atoms with Crippen molar-refractivity contribution in [1.29, 1.82) is 0 Å². The van der Waals surface area contributed by atoms with E-state index >= 15 is 0 Å². The number of halogens is 1. The molecule has 0 aliphatic carbocycles. The maximum atomic E-state index is 12.0. The molecule has 0 heterocycles. The molecule has 1 aromatic carbocycles. The zero-order valence-electron chi connectivity index (χ0n) is 11.1. The van der Waals surface area contributed by atoms with Crippen LogP contribution in [0, 0.1) is 0 Å². The number of rotatable bonds is 6. The predicted molar refractivity (Wildman–Crippen MR) is 74.5 cm³/mol. The fraction of sp³-hybridized carbons (Fsp3) is 0.500. The minimum absolute atomic E-state index is 0.0738. The lowest BCUT2D eigenvalue weighted by molar-refractivity contribution is 0.0938. The third-order valence-corrected chi connectivity index (χ3v) is 2.61. The molecule has 0 aliphatic rings. The van der Waals surface area contributed by atoms with E-state index in [1.807, 2.05) is 32.9 Å². The smallest absolute Gasteiger partial charge is 0.251 e. The first-order valence-electron chi connectivity index (χ1n) is 6.16. The number of hydrogen-bond donors (Lipinski definition) is 1. The lowest BCUT2D eigenvalue weighted by Gasteiger charge is -2.14. The molecule has 1 amide bonds. The molecule has 1 atom stereocenters. The molecule has 0 saturated heterocycles. The summed E-state index contributed by atoms with van der Waals surface area (Å²) < 4.78 is 5.56. The van der Waals surface area contributed by atoms with Gasteiger partial charge in [-0.05, 0) is 45.4 Å². The minimum atomic E-state index is -0.0955. The Bertz CT molecular complexity index is 393. The topological polar surface area (TPSA) is 38.3 Å². The summed E-state index contributed by atoms with van der Waals surface area (Å²) in [5.74, 6) is 1.15. The highest BCUT2D eigenvalue weighted by molar-refractivity contribution is 6.17. The summed E-state index contributed by atoms with van der Waals surface area (Å²) in [6.07, 6.45) is 0.855. The van der Waals surface area contributed by atoms with Gasteiger partial charge in [-0.1, -0.05) is 6.07 Å². The van der Waals surface area contributed by atoms with E-state index < -0.39 is 0 Å². The van der Waals surface area contributed by atoms with Gasteiger partial charge in [0.15, 0.2) is 0 Å². The maximum absolute atomic E-state index is 12.0. The molecule has 0 fully saturated rings. The first-order valence-corrected chi connectivity index (χ1v) is 6.70. The van der Waals surface area contributed by atoms with Crippen LogP contribution in [-0.4, -0.2) is 23.9 Å². The van der Waals surface area contributed by atoms with E-state index in [-0.39, 0.29) is 18.1 Å². The molecule has 1 unspecified atom stereocenters. The Kier molecular flexibility index (Phi) is 5.99. The highest BCUT2D eigenvalue weighted by Gasteiger charge is 2.10. The number of benzene rings is 1. The SMILES string of the molecule is CC(CCCl)NC(=O)c1cccc(OC(C)C)c1. The van der Waals surface area contributed by atoms with Gasteiger partial charge in [-0.3, -0.25) is 4.79 Å². The summed E-state index contributed by atoms with van der Waals surface area (Å²) in [4.78, 5) is 12.0. The number of nitrogens with one attached hydrogen (secondary N) is 1. The maximum Gasteiger partial charge on any atom is 0.251 e. The van der Waals surface area contributed by atoms with Crippen molar-refractivity contribution < 1.29 is 9.53 Å². The number of carbonyl (C=O) groups is 1. The number of alkyl halides is 1. The third kappa shape index (κ3) is 4.96. The summed E-state index contributed by atoms with van der Waals surface area (Å²) in [6, 6.07) is 7.26. The first kappa shape index (κ1) is 14.8. The summed E-state index contributed by atoms with van der Waals surface area (Å²) >= 11 is 5.64. The van der Waals surface area contributed by atoms with E-state index in [0.717, 1.165) is 6.42 Å². The van der Waals surface area contributed by atoms with Gasteiger partial charge in [0.25, 0.3) is 5.91 Å². The largest absolute Gasteiger partial charge is 0.491 e. The Morgan fingerprint density at radius 2 is 2.11 bits per heavy atom. The van der Waals surface area contributed by atoms with Gasteiger partial charge in [-0.25, -0.2) is 0 Å². The highest BCUT2D eigenvalue weighted by atomic mass is 35.5. The average Bonchev–Trinajstić information content (AvgIpc) is 2.28. The van der Waals surface area contributed by atoms with E-state index in [9.17, 15) is 4.79 Å². The van der Waals surface area contributed by atoms with E-state index in [2.05, 4.69) is 5.32 Å². The van der Waals surface area contributed by atoms with Crippen LogP contribution in [0.25, 0.3) is 0 Å². The van der Waals surface area contributed by atoms with E-state index in [1.54, 1.807) is 12.1 Å². The van der Waals surface area contributed by atoms with Crippen molar-refractivity contribution in [3.63, 3.8) is 0 Å². The van der Waals surface area contributed by atoms with Crippen LogP contribution >= 0.6 is 11.6 Å². The second-order valence-electron chi connectivity index (χ2n) is 4.55. The molecule has 0 bridgehead atoms. The molecule has 1 rings (SSSR count). The summed E-state index contributed by atoms with van der Waals surface area (Å²) in [7, 11) is 0. The molecule has 1 N–H and O–H groups in total. The van der Waals surface area contributed by atoms with Gasteiger partial charge in [-0.2, -0.15) is 0 Å². The third-order valence-electron chi connectivity index (χ3n) is 2.39. The summed E-state index contributed by atoms with van der Waals surface area (Å²) in [6.45, 7) is 5.85. The minimum Gasteiger partial charge on any atom is -0.491 e. The molecular weight excluding hydrogens is 250 g/mol. The normalized spacial score (nSPS) is 12.3. The van der Waals surface area contributed by atoms with Crippen LogP contribution in [0.4, 0.5) is 0 Å². The van der Waals surface area contributed by atoms with Gasteiger partial charge in [0.1, 0.15) is 5.75 Å². The van der Waals surface area contributed by atoms with Crippen LogP contribution in [0.5, 0.6) is 5.75 Å². The van der Waals surface area contributed by atoms with Crippen molar-refractivity contribution in [2.24, 2.45) is 0 Å². The second-order valence-corrected chi connectivity index (χ2v) is 4.92. The summed E-state index contributed by atoms with van der Waals surface area (Å²) in [5.41, 5.74) is 0.606. The van der Waals surface area contributed by atoms with Crippen molar-refractivity contribution in [1.82, 2.24) is 5.32 Å². The van der Waals surface area contributed by atoms with E-state index in [0.29, 0.717) is 17.2 Å². The standard InChI is InChI=1S/C14H20ClNO2/c1-10(2)18-13-6-4-5-12(9-13)14(17)16-11(3)7-8-15/h4-6,9-11H,7-8H2,1-3H3,(H,16,17). The van der Waals surface area contributed by atoms with E-state index in [1.165, 1.54) is 0 Å². The Hall–Kier alpha value is -1.22. The van der Waals surface area contributed by atoms with Crippen molar-refractivity contribution >= 4 is 17.5 Å². The molecule has 3 nitrogen and oxygen atoms in total. The molecule has 0 spiro atoms. The van der Waals surface area contributed by atoms with Crippen molar-refractivity contribution in [3.8, 4) is 5.75 Å². The molecule has 100 valence electrons. The zero-order valence-corrected chi connectivity index (χ0v) is 11.8. The van der Waals surface area contributed by atoms with Crippen LogP contribution in [0.3, 0.4) is 0 Å². The van der Waals surface area contributed by atoms with Gasteiger partial charge in [0.2, 0.25) is 0 Å². The lowest BCUT2D eigenvalue weighted by atomic mass is 10.1. The van der Waals surface area contributed by atoms with Crippen LogP contribution < -0.4 is 10.1 Å². The zero-order chi connectivity index (χ0) is 13.5. The van der Waals surface area contributed by atoms with Crippen molar-refractivity contribution in [2.75, 3.05) is 5.88 Å². The molecule has 1 aromatic rings. The number of ether oxygens (including phenoxy) is 1. The fourth-order valence-corrected chi connectivity index (χ4v) is 1.85. The number of hydrogen-bond acceptors (Lipinski definition) is 2. The van der Waals surface area contributed by atoms with Gasteiger partial charge >= 0.3 is 0 Å². The van der Waals surface area contributed by atoms with Gasteiger partial charge in [0.05, 0.1) is 6.10 Å². The van der Waals surface area contributed by atoms with Crippen molar-refractivity contribution in [3.05, 3.63) is 29.8 Å². The molecular formula is C14H20ClNO2. The molecule has 0 saturated carbocycles. The van der Waals surface area contributed by atoms with Gasteiger partial charge < -0.3 is 10.1 Å². The molecule has 0 aliphatic heterocycles. The molecule has 18 heavy (non-hydrogen) atoms. The monoisotopic (exact) mass is 269 g/mol. The number of amides is 1. The molecule has 0 radical (unpaired) electrons. The predicted octanol–water partition coefficient (Wildman–Crippen LogP) is 3.22. The van der Waals surface area contributed by atoms with Crippen LogP contribution in [0.1, 0.15) is 37.6 Å². The molecule has 0 aromatic heterocycles. The summed E-state index contributed by atoms with van der Waals surface area (Å²) in [5, 5.41) is 2.90. The molecule has 4 heteroatoms. The van der Waals surface area contributed by atoms with E-state index in [4.69, 9.17) is 16.3 Å². The van der Waals surface area contributed by atoms with Crippen molar-refractivity contribution in [2.45, 2.75) is 39.3 Å². The first-order chi connectivity index (χ1) is 8.52. The quantitative estimate of drug-likeness (QED) is 0.806. The van der Waals surface area contributed by atoms with Crippen LogP contribution in [0.2, 0.25) is 0 Å². The Balaban J connectivity index is 2.68. The average molecular weight is 270 g/mol. The number of carbonyl (C=O) groups excluding carboxylic acids is 1. The second kappa shape index (κ2) is 7.27. The van der Waals surface area contributed by atoms with Gasteiger partial charge in [-0.15, -0.1) is 11.6 Å².